The number of piperazine rings is 1. The molecule has 2 aromatic rings. The highest BCUT2D eigenvalue weighted by molar-refractivity contribution is 5.32. The second-order valence-electron chi connectivity index (χ2n) is 8.71. The molecule has 1 saturated heterocycles. The number of hydrogen-bond donors (Lipinski definition) is 0. The van der Waals surface area contributed by atoms with Crippen molar-refractivity contribution in [3.63, 3.8) is 0 Å². The molecule has 0 amide bonds. The molecule has 0 saturated carbocycles. The van der Waals surface area contributed by atoms with Gasteiger partial charge in [0.25, 0.3) is 0 Å². The highest BCUT2D eigenvalue weighted by Gasteiger charge is 2.31. The van der Waals surface area contributed by atoms with Gasteiger partial charge in [0.2, 0.25) is 0 Å². The second kappa shape index (κ2) is 16.1. The molecule has 0 spiro atoms. The first-order valence-electron chi connectivity index (χ1n) is 12.7. The fraction of sp³-hybridized carbons (Fsp3) is 0.556. The summed E-state index contributed by atoms with van der Waals surface area (Å²) in [5, 5.41) is 12.7. The molecule has 3 rings (SSSR count). The van der Waals surface area contributed by atoms with Gasteiger partial charge in [-0.25, -0.2) is 4.68 Å². The normalized spacial score (nSPS) is 15.9. The summed E-state index contributed by atoms with van der Waals surface area (Å²) in [6.45, 7) is 20.1. The zero-order chi connectivity index (χ0) is 24.6. The van der Waals surface area contributed by atoms with E-state index in [0.29, 0.717) is 0 Å². The number of hydrogen-bond acceptors (Lipinski definition) is 6. The number of aryl methyl sites for hydroxylation is 2. The molecule has 7 heteroatoms. The highest BCUT2D eigenvalue weighted by atomic mass is 15.6. The first kappa shape index (κ1) is 27.6. The van der Waals surface area contributed by atoms with E-state index < -0.39 is 0 Å². The van der Waals surface area contributed by atoms with Crippen molar-refractivity contribution in [2.24, 2.45) is 4.99 Å². The van der Waals surface area contributed by atoms with Crippen LogP contribution < -0.4 is 0 Å². The molecule has 1 atom stereocenters. The van der Waals surface area contributed by atoms with Crippen LogP contribution in [0.4, 0.5) is 0 Å². The Morgan fingerprint density at radius 2 is 1.76 bits per heavy atom. The highest BCUT2D eigenvalue weighted by Crippen LogP contribution is 2.29. The summed E-state index contributed by atoms with van der Waals surface area (Å²) in [6, 6.07) is 10.4. The Bertz CT molecular complexity index is 851. The Balaban J connectivity index is 0.00000129. The van der Waals surface area contributed by atoms with Crippen molar-refractivity contribution >= 4 is 6.72 Å². The molecular formula is C27H43N7. The van der Waals surface area contributed by atoms with Gasteiger partial charge >= 0.3 is 0 Å². The number of tetrazole rings is 1. The molecule has 0 N–H and O–H groups in total. The van der Waals surface area contributed by atoms with Crippen LogP contribution in [0.5, 0.6) is 0 Å². The molecule has 7 nitrogen and oxygen atoms in total. The zero-order valence-corrected chi connectivity index (χ0v) is 21.4. The van der Waals surface area contributed by atoms with Gasteiger partial charge < -0.3 is 4.90 Å². The fourth-order valence-corrected chi connectivity index (χ4v) is 4.14. The van der Waals surface area contributed by atoms with Crippen LogP contribution in [0.2, 0.25) is 0 Å². The molecule has 0 radical (unpaired) electrons. The monoisotopic (exact) mass is 465 g/mol. The Hall–Kier alpha value is -2.64. The topological polar surface area (TPSA) is 62.4 Å². The van der Waals surface area contributed by atoms with E-state index in [9.17, 15) is 0 Å². The molecule has 1 aliphatic heterocycles. The number of nitrogens with zero attached hydrogens (tertiary/aromatic N) is 7. The largest absolute Gasteiger partial charge is 0.301 e. The summed E-state index contributed by atoms with van der Waals surface area (Å²) in [5.41, 5.74) is 2.25. The van der Waals surface area contributed by atoms with Crippen LogP contribution in [-0.2, 0) is 13.0 Å². The Labute approximate surface area is 206 Å². The molecule has 0 aliphatic carbocycles. The molecule has 2 heterocycles. The first-order chi connectivity index (χ1) is 16.7. The maximum atomic E-state index is 4.43. The molecule has 1 aromatic heterocycles. The summed E-state index contributed by atoms with van der Waals surface area (Å²) in [5.74, 6) is 0.838. The number of unbranched alkanes of at least 4 members (excludes halogenated alkanes) is 2. The third-order valence-corrected chi connectivity index (χ3v) is 5.90. The van der Waals surface area contributed by atoms with Gasteiger partial charge in [-0.15, -0.1) is 5.10 Å². The Morgan fingerprint density at radius 3 is 2.38 bits per heavy atom. The summed E-state index contributed by atoms with van der Waals surface area (Å²) in [7, 11) is 0. The fourth-order valence-electron chi connectivity index (χ4n) is 4.14. The Kier molecular flexibility index (Phi) is 13.0. The van der Waals surface area contributed by atoms with Gasteiger partial charge in [-0.3, -0.25) is 9.89 Å². The molecule has 0 bridgehead atoms. The van der Waals surface area contributed by atoms with Crippen LogP contribution in [0.15, 0.2) is 59.8 Å². The summed E-state index contributed by atoms with van der Waals surface area (Å²) in [4.78, 5) is 9.03. The maximum Gasteiger partial charge on any atom is 0.173 e. The molecule has 34 heavy (non-hydrogen) atoms. The lowest BCUT2D eigenvalue weighted by molar-refractivity contribution is 0.103. The average Bonchev–Trinajstić information content (AvgIpc) is 3.32. The molecule has 1 aliphatic rings. The van der Waals surface area contributed by atoms with Crippen LogP contribution in [0, 0.1) is 0 Å². The van der Waals surface area contributed by atoms with Gasteiger partial charge in [-0.1, -0.05) is 83.0 Å². The predicted octanol–water partition coefficient (Wildman–Crippen LogP) is 4.95. The van der Waals surface area contributed by atoms with Gasteiger partial charge in [0.05, 0.1) is 6.04 Å². The van der Waals surface area contributed by atoms with E-state index in [0.717, 1.165) is 50.5 Å². The van der Waals surface area contributed by atoms with Crippen molar-refractivity contribution in [1.29, 1.82) is 0 Å². The van der Waals surface area contributed by atoms with Crippen LogP contribution in [0.3, 0.4) is 0 Å². The average molecular weight is 466 g/mol. The van der Waals surface area contributed by atoms with Crippen molar-refractivity contribution in [2.75, 3.05) is 32.7 Å². The molecule has 1 unspecified atom stereocenters. The van der Waals surface area contributed by atoms with Crippen molar-refractivity contribution in [3.8, 4) is 0 Å². The molecule has 186 valence electrons. The zero-order valence-electron chi connectivity index (χ0n) is 21.4. The van der Waals surface area contributed by atoms with Gasteiger partial charge in [-0.2, -0.15) is 0 Å². The lowest BCUT2D eigenvalue weighted by Gasteiger charge is -2.39. The third-order valence-electron chi connectivity index (χ3n) is 5.90. The van der Waals surface area contributed by atoms with Gasteiger partial charge in [0, 0.05) is 38.9 Å². The van der Waals surface area contributed by atoms with E-state index in [2.05, 4.69) is 88.7 Å². The standard InChI is InChI=1S/C24H35N7.C3H8/c1-4-6-10-14-29-16-18-30(19-17-29)23(22(5-2)20-25-3)24-26-27-28-31(24)15-13-21-11-8-7-9-12-21;1-3-2/h5,7-9,11-12,20,23H,2-4,6,10,13-19H2,1H3;3H2,1-2H3/b22-20+;. The maximum absolute atomic E-state index is 4.43. The minimum Gasteiger partial charge on any atom is -0.301 e. The van der Waals surface area contributed by atoms with Crippen molar-refractivity contribution < 1.29 is 0 Å². The minimum atomic E-state index is -0.0773. The van der Waals surface area contributed by atoms with Crippen LogP contribution >= 0.6 is 0 Å². The van der Waals surface area contributed by atoms with E-state index >= 15 is 0 Å². The summed E-state index contributed by atoms with van der Waals surface area (Å²) in [6.07, 6.45) is 9.59. The second-order valence-corrected chi connectivity index (χ2v) is 8.71. The van der Waals surface area contributed by atoms with E-state index in [-0.39, 0.29) is 6.04 Å². The van der Waals surface area contributed by atoms with Crippen molar-refractivity contribution in [2.45, 2.75) is 65.5 Å². The molecule has 1 fully saturated rings. The predicted molar refractivity (Wildman–Crippen MR) is 142 cm³/mol. The van der Waals surface area contributed by atoms with Gasteiger partial charge in [-0.05, 0) is 47.7 Å². The van der Waals surface area contributed by atoms with Crippen LogP contribution in [-0.4, -0.2) is 69.4 Å². The van der Waals surface area contributed by atoms with Crippen molar-refractivity contribution in [1.82, 2.24) is 30.0 Å². The quantitative estimate of drug-likeness (QED) is 0.252. The lowest BCUT2D eigenvalue weighted by Crippen LogP contribution is -2.48. The SMILES string of the molecule is C=C/C(=C\N=C)C(c1nnnn1CCc1ccccc1)N1CCN(CCCCC)CC1.CCC. The van der Waals surface area contributed by atoms with E-state index in [1.54, 1.807) is 6.20 Å². The van der Waals surface area contributed by atoms with Crippen molar-refractivity contribution in [3.05, 3.63) is 66.1 Å². The van der Waals surface area contributed by atoms with Gasteiger partial charge in [0.15, 0.2) is 5.82 Å². The summed E-state index contributed by atoms with van der Waals surface area (Å²) < 4.78 is 1.92. The number of aromatic nitrogens is 4. The van der Waals surface area contributed by atoms with E-state index in [1.807, 2.05) is 16.8 Å². The third kappa shape index (κ3) is 8.61. The van der Waals surface area contributed by atoms with Gasteiger partial charge in [0.1, 0.15) is 0 Å². The lowest BCUT2D eigenvalue weighted by atomic mass is 10.0. The minimum absolute atomic E-state index is 0.0773. The van der Waals surface area contributed by atoms with E-state index in [1.165, 1.54) is 37.8 Å². The molecule has 1 aromatic carbocycles. The van der Waals surface area contributed by atoms with Crippen LogP contribution in [0.1, 0.15) is 63.9 Å². The van der Waals surface area contributed by atoms with Crippen LogP contribution in [0.25, 0.3) is 0 Å². The molecular weight excluding hydrogens is 422 g/mol. The Morgan fingerprint density at radius 1 is 1.06 bits per heavy atom. The summed E-state index contributed by atoms with van der Waals surface area (Å²) >= 11 is 0. The smallest absolute Gasteiger partial charge is 0.173 e. The first-order valence-corrected chi connectivity index (χ1v) is 12.7. The number of aliphatic imine (C=N–C) groups is 1. The number of benzene rings is 1. The number of rotatable bonds is 12. The van der Waals surface area contributed by atoms with E-state index in [4.69, 9.17) is 0 Å².